The lowest BCUT2D eigenvalue weighted by Crippen LogP contribution is -2.55. The minimum Gasteiger partial charge on any atom is -0.493 e. The molecule has 0 spiro atoms. The number of benzene rings is 1. The van der Waals surface area contributed by atoms with E-state index in [1.54, 1.807) is 26.4 Å². The Labute approximate surface area is 124 Å². The number of hydrogen-bond acceptors (Lipinski definition) is 5. The van der Waals surface area contributed by atoms with Gasteiger partial charge in [-0.1, -0.05) is 0 Å². The van der Waals surface area contributed by atoms with E-state index in [0.29, 0.717) is 42.4 Å². The molecule has 2 atom stereocenters. The Kier molecular flexibility index (Phi) is 4.12. The van der Waals surface area contributed by atoms with Gasteiger partial charge in [0.05, 0.1) is 27.4 Å². The first-order valence-corrected chi connectivity index (χ1v) is 7.31. The zero-order valence-electron chi connectivity index (χ0n) is 12.4. The molecule has 2 bridgehead atoms. The third-order valence-electron chi connectivity index (χ3n) is 4.29. The van der Waals surface area contributed by atoms with Crippen LogP contribution in [0.2, 0.25) is 0 Å². The molecule has 0 saturated carbocycles. The van der Waals surface area contributed by atoms with Gasteiger partial charge >= 0.3 is 0 Å². The summed E-state index contributed by atoms with van der Waals surface area (Å²) < 4.78 is 16.0. The largest absolute Gasteiger partial charge is 0.493 e. The van der Waals surface area contributed by atoms with E-state index < -0.39 is 0 Å². The highest BCUT2D eigenvalue weighted by molar-refractivity contribution is 5.98. The molecule has 2 unspecified atom stereocenters. The minimum absolute atomic E-state index is 0.0586. The number of hydrogen-bond donors (Lipinski definition) is 1. The van der Waals surface area contributed by atoms with Crippen molar-refractivity contribution in [1.82, 2.24) is 5.32 Å². The van der Waals surface area contributed by atoms with E-state index in [1.807, 2.05) is 6.07 Å². The van der Waals surface area contributed by atoms with Crippen LogP contribution in [0.1, 0.15) is 23.2 Å². The molecule has 1 N–H and O–H groups in total. The average Bonchev–Trinajstić information content (AvgIpc) is 2.53. The molecule has 3 rings (SSSR count). The van der Waals surface area contributed by atoms with E-state index in [0.717, 1.165) is 12.8 Å². The van der Waals surface area contributed by atoms with Gasteiger partial charge in [-0.3, -0.25) is 4.79 Å². The van der Waals surface area contributed by atoms with E-state index >= 15 is 0 Å². The summed E-state index contributed by atoms with van der Waals surface area (Å²) in [5.74, 6) is 1.49. The Hall–Kier alpha value is -1.59. The number of carbonyl (C=O) groups excluding carboxylic acids is 1. The molecular formula is C16H21NO4. The molecular weight excluding hydrogens is 270 g/mol. The Balaban J connectivity index is 1.78. The van der Waals surface area contributed by atoms with Crippen molar-refractivity contribution in [3.63, 3.8) is 0 Å². The van der Waals surface area contributed by atoms with Crippen molar-refractivity contribution in [1.29, 1.82) is 0 Å². The second kappa shape index (κ2) is 6.03. The second-order valence-corrected chi connectivity index (χ2v) is 5.70. The van der Waals surface area contributed by atoms with Gasteiger partial charge in [0, 0.05) is 23.6 Å². The van der Waals surface area contributed by atoms with Crippen LogP contribution in [0.15, 0.2) is 18.2 Å². The molecule has 2 aliphatic heterocycles. The van der Waals surface area contributed by atoms with Crippen LogP contribution in [-0.2, 0) is 4.74 Å². The van der Waals surface area contributed by atoms with Gasteiger partial charge in [0.2, 0.25) is 0 Å². The van der Waals surface area contributed by atoms with E-state index in [4.69, 9.17) is 14.2 Å². The third-order valence-corrected chi connectivity index (χ3v) is 4.29. The Morgan fingerprint density at radius 3 is 2.43 bits per heavy atom. The second-order valence-electron chi connectivity index (χ2n) is 5.70. The number of piperidine rings is 1. The molecule has 1 aromatic carbocycles. The molecule has 2 heterocycles. The van der Waals surface area contributed by atoms with Gasteiger partial charge in [-0.05, 0) is 31.0 Å². The lowest BCUT2D eigenvalue weighted by atomic mass is 9.82. The van der Waals surface area contributed by atoms with Crippen molar-refractivity contribution >= 4 is 5.78 Å². The Bertz CT molecular complexity index is 519. The van der Waals surface area contributed by atoms with E-state index in [1.165, 1.54) is 0 Å². The summed E-state index contributed by atoms with van der Waals surface area (Å²) in [6.07, 6.45) is 1.67. The lowest BCUT2D eigenvalue weighted by Gasteiger charge is -2.39. The monoisotopic (exact) mass is 291 g/mol. The van der Waals surface area contributed by atoms with Crippen LogP contribution in [-0.4, -0.2) is 45.3 Å². The summed E-state index contributed by atoms with van der Waals surface area (Å²) in [7, 11) is 3.17. The maximum absolute atomic E-state index is 12.7. The fraction of sp³-hybridized carbons (Fsp3) is 0.562. The summed E-state index contributed by atoms with van der Waals surface area (Å²) in [5, 5.41) is 3.51. The summed E-state index contributed by atoms with van der Waals surface area (Å²) in [4.78, 5) is 12.7. The highest BCUT2D eigenvalue weighted by atomic mass is 16.5. The van der Waals surface area contributed by atoms with Crippen LogP contribution in [0.25, 0.3) is 0 Å². The standard InChI is InChI=1S/C16H21NO4/c1-19-14-4-3-10(7-15(14)20-2)16(18)11-5-12-8-21-9-13(6-11)17-12/h3-4,7,11-13,17H,5-6,8-9H2,1-2H3. The number of nitrogens with one attached hydrogen (secondary N) is 1. The number of morpholine rings is 1. The predicted octanol–water partition coefficient (Wildman–Crippen LogP) is 1.65. The fourth-order valence-corrected chi connectivity index (χ4v) is 3.28. The number of Topliss-reactive ketones (excluding diaryl/α,β-unsaturated/α-hetero) is 1. The fourth-order valence-electron chi connectivity index (χ4n) is 3.28. The third kappa shape index (κ3) is 2.89. The van der Waals surface area contributed by atoms with Crippen molar-refractivity contribution in [2.45, 2.75) is 24.9 Å². The maximum atomic E-state index is 12.7. The molecule has 2 aliphatic rings. The number of rotatable bonds is 4. The SMILES string of the molecule is COc1ccc(C(=O)C2CC3COCC(C2)N3)cc1OC. The van der Waals surface area contributed by atoms with Crippen molar-refractivity contribution in [3.8, 4) is 11.5 Å². The van der Waals surface area contributed by atoms with Gasteiger partial charge in [-0.15, -0.1) is 0 Å². The van der Waals surface area contributed by atoms with Crippen LogP contribution in [0, 0.1) is 5.92 Å². The molecule has 1 aromatic rings. The summed E-state index contributed by atoms with van der Waals surface area (Å²) in [6, 6.07) is 5.98. The topological polar surface area (TPSA) is 56.8 Å². The number of ketones is 1. The lowest BCUT2D eigenvalue weighted by molar-refractivity contribution is 0.00952. The highest BCUT2D eigenvalue weighted by Crippen LogP contribution is 2.31. The van der Waals surface area contributed by atoms with Gasteiger partial charge in [0.25, 0.3) is 0 Å². The van der Waals surface area contributed by atoms with Crippen molar-refractivity contribution < 1.29 is 19.0 Å². The highest BCUT2D eigenvalue weighted by Gasteiger charge is 2.35. The zero-order valence-corrected chi connectivity index (χ0v) is 12.4. The summed E-state index contributed by atoms with van der Waals surface area (Å²) >= 11 is 0. The van der Waals surface area contributed by atoms with Crippen molar-refractivity contribution in [2.75, 3.05) is 27.4 Å². The number of fused-ring (bicyclic) bond motifs is 2. The minimum atomic E-state index is 0.0586. The first-order valence-electron chi connectivity index (χ1n) is 7.31. The molecule has 114 valence electrons. The van der Waals surface area contributed by atoms with Gasteiger partial charge in [-0.2, -0.15) is 0 Å². The first-order chi connectivity index (χ1) is 10.2. The summed E-state index contributed by atoms with van der Waals surface area (Å²) in [6.45, 7) is 1.40. The van der Waals surface area contributed by atoms with Crippen LogP contribution < -0.4 is 14.8 Å². The average molecular weight is 291 g/mol. The van der Waals surface area contributed by atoms with E-state index in [2.05, 4.69) is 5.32 Å². The van der Waals surface area contributed by atoms with Crippen LogP contribution in [0.5, 0.6) is 11.5 Å². The Morgan fingerprint density at radius 2 is 1.81 bits per heavy atom. The molecule has 0 aliphatic carbocycles. The number of ether oxygens (including phenoxy) is 3. The van der Waals surface area contributed by atoms with Crippen LogP contribution in [0.4, 0.5) is 0 Å². The molecule has 0 amide bonds. The normalized spacial score (nSPS) is 28.0. The van der Waals surface area contributed by atoms with E-state index in [-0.39, 0.29) is 11.7 Å². The Morgan fingerprint density at radius 1 is 1.14 bits per heavy atom. The molecule has 2 saturated heterocycles. The quantitative estimate of drug-likeness (QED) is 0.855. The van der Waals surface area contributed by atoms with Crippen molar-refractivity contribution in [2.24, 2.45) is 5.92 Å². The van der Waals surface area contributed by atoms with Gasteiger partial charge < -0.3 is 19.5 Å². The molecule has 5 heteroatoms. The first kappa shape index (κ1) is 14.4. The van der Waals surface area contributed by atoms with Crippen molar-refractivity contribution in [3.05, 3.63) is 23.8 Å². The number of carbonyl (C=O) groups is 1. The van der Waals surface area contributed by atoms with Gasteiger partial charge in [-0.25, -0.2) is 0 Å². The summed E-state index contributed by atoms with van der Waals surface area (Å²) in [5.41, 5.74) is 0.693. The zero-order chi connectivity index (χ0) is 14.8. The number of methoxy groups -OCH3 is 2. The maximum Gasteiger partial charge on any atom is 0.166 e. The molecule has 21 heavy (non-hydrogen) atoms. The van der Waals surface area contributed by atoms with E-state index in [9.17, 15) is 4.79 Å². The van der Waals surface area contributed by atoms with Crippen LogP contribution >= 0.6 is 0 Å². The molecule has 0 radical (unpaired) electrons. The van der Waals surface area contributed by atoms with Gasteiger partial charge in [0.1, 0.15) is 0 Å². The molecule has 2 fully saturated rings. The molecule has 5 nitrogen and oxygen atoms in total. The smallest absolute Gasteiger partial charge is 0.166 e. The van der Waals surface area contributed by atoms with Crippen LogP contribution in [0.3, 0.4) is 0 Å². The van der Waals surface area contributed by atoms with Gasteiger partial charge in [0.15, 0.2) is 17.3 Å². The predicted molar refractivity (Wildman–Crippen MR) is 78.1 cm³/mol. The molecule has 0 aromatic heterocycles.